The summed E-state index contributed by atoms with van der Waals surface area (Å²) >= 11 is 0. The molecule has 1 rings (SSSR count). The predicted octanol–water partition coefficient (Wildman–Crippen LogP) is -5.07. The standard InChI is InChI=1S/C15H30N2O5S.Na/c1-2-3-4-5-6-7-15-16-8-9-17(15,10-11-18)12-14(19)13-23(20,21)22;/h14,18H,2-13H2,1H3,(H,20,21,22);/q;+1. The third kappa shape index (κ3) is 8.71. The average Bonchev–Trinajstić information content (AvgIpc) is 2.79. The van der Waals surface area contributed by atoms with Gasteiger partial charge in [-0.3, -0.25) is 0 Å². The van der Waals surface area contributed by atoms with E-state index in [-0.39, 0.29) is 42.7 Å². The third-order valence-electron chi connectivity index (χ3n) is 4.43. The number of hydrogen-bond acceptors (Lipinski definition) is 5. The van der Waals surface area contributed by atoms with Crippen LogP contribution in [0.3, 0.4) is 0 Å². The van der Waals surface area contributed by atoms with Crippen LogP contribution in [0.15, 0.2) is 0 Å². The molecule has 1 aliphatic heterocycles. The van der Waals surface area contributed by atoms with Gasteiger partial charge in [-0.1, -0.05) is 38.7 Å². The van der Waals surface area contributed by atoms with Crippen LogP contribution in [0, 0.1) is 0 Å². The maximum Gasteiger partial charge on any atom is 1.00 e. The maximum atomic E-state index is 12.0. The van der Waals surface area contributed by atoms with E-state index in [0.29, 0.717) is 24.1 Å². The Morgan fingerprint density at radius 1 is 1.29 bits per heavy atom. The van der Waals surface area contributed by atoms with Gasteiger partial charge in [0.1, 0.15) is 13.1 Å². The predicted molar refractivity (Wildman–Crippen MR) is 84.5 cm³/mol. The van der Waals surface area contributed by atoms with E-state index < -0.39 is 22.0 Å². The van der Waals surface area contributed by atoms with Crippen molar-refractivity contribution in [2.75, 3.05) is 38.5 Å². The first-order valence-corrected chi connectivity index (χ1v) is 10.1. The van der Waals surface area contributed by atoms with Crippen LogP contribution in [0.4, 0.5) is 0 Å². The van der Waals surface area contributed by atoms with Crippen molar-refractivity contribution in [2.24, 2.45) is 0 Å². The summed E-state index contributed by atoms with van der Waals surface area (Å²) in [4.78, 5) is 3.30. The first kappa shape index (κ1) is 24.5. The molecule has 0 aromatic carbocycles. The number of aliphatic hydroxyl groups excluding tert-OH is 1. The van der Waals surface area contributed by atoms with E-state index in [9.17, 15) is 23.2 Å². The first-order chi connectivity index (χ1) is 10.8. The second-order valence-electron chi connectivity index (χ2n) is 6.38. The molecule has 2 unspecified atom stereocenters. The van der Waals surface area contributed by atoms with E-state index in [2.05, 4.69) is 11.9 Å². The molecular formula is C15H30N2NaO5S+. The molecule has 0 radical (unpaired) electrons. The zero-order valence-corrected chi connectivity index (χ0v) is 17.8. The Morgan fingerprint density at radius 3 is 2.54 bits per heavy atom. The van der Waals surface area contributed by atoms with Gasteiger partial charge in [0.15, 0.2) is 6.54 Å². The Morgan fingerprint density at radius 2 is 1.96 bits per heavy atom. The van der Waals surface area contributed by atoms with Gasteiger partial charge in [0.2, 0.25) is 0 Å². The number of amidine groups is 1. The summed E-state index contributed by atoms with van der Waals surface area (Å²) in [5.74, 6) is 0.113. The van der Waals surface area contributed by atoms with Gasteiger partial charge in [-0.25, -0.2) is 12.9 Å². The van der Waals surface area contributed by atoms with E-state index in [4.69, 9.17) is 0 Å². The Balaban J connectivity index is 0.00000529. The van der Waals surface area contributed by atoms with Gasteiger partial charge < -0.3 is 14.8 Å². The fourth-order valence-corrected chi connectivity index (χ4v) is 3.90. The monoisotopic (exact) mass is 373 g/mol. The minimum atomic E-state index is -4.52. The van der Waals surface area contributed by atoms with Gasteiger partial charge in [-0.2, -0.15) is 4.99 Å². The van der Waals surface area contributed by atoms with Crippen molar-refractivity contribution in [3.8, 4) is 0 Å². The topological polar surface area (TPSA) is 114 Å². The van der Waals surface area contributed by atoms with Crippen LogP contribution < -0.4 is 39.7 Å². The minimum absolute atomic E-state index is 0. The van der Waals surface area contributed by atoms with E-state index >= 15 is 0 Å². The SMILES string of the molecule is CCCCCCCC1=[NH+]CC[N+]1(CCO)CC([O-])CS(=O)(=O)[O-].[Na+]. The van der Waals surface area contributed by atoms with Crippen molar-refractivity contribution < 1.29 is 62.2 Å². The molecule has 0 spiro atoms. The molecule has 1 heterocycles. The summed E-state index contributed by atoms with van der Waals surface area (Å²) in [5, 5.41) is 21.4. The van der Waals surface area contributed by atoms with Crippen LogP contribution in [0.25, 0.3) is 0 Å². The van der Waals surface area contributed by atoms with Crippen LogP contribution in [-0.2, 0) is 10.1 Å². The second kappa shape index (κ2) is 12.0. The molecule has 0 fully saturated rings. The summed E-state index contributed by atoms with van der Waals surface area (Å²) < 4.78 is 32.7. The molecule has 9 heteroatoms. The normalized spacial score (nSPS) is 22.1. The molecule has 0 saturated heterocycles. The number of unbranched alkanes of at least 4 members (excludes halogenated alkanes) is 4. The smallest absolute Gasteiger partial charge is 0.847 e. The molecule has 2 atom stereocenters. The van der Waals surface area contributed by atoms with Gasteiger partial charge in [-0.05, 0) is 6.42 Å². The van der Waals surface area contributed by atoms with Crippen LogP contribution in [-0.4, -0.2) is 73.0 Å². The van der Waals surface area contributed by atoms with Crippen LogP contribution in [0.5, 0.6) is 0 Å². The summed E-state index contributed by atoms with van der Waals surface area (Å²) in [6, 6.07) is 0. The Bertz CT molecular complexity index is 486. The third-order valence-corrected chi connectivity index (χ3v) is 5.21. The molecule has 2 N–H and O–H groups in total. The largest absolute Gasteiger partial charge is 1.00 e. The average molecular weight is 373 g/mol. The molecule has 0 aliphatic carbocycles. The molecular weight excluding hydrogens is 343 g/mol. The van der Waals surface area contributed by atoms with Crippen molar-refractivity contribution >= 4 is 16.0 Å². The first-order valence-electron chi connectivity index (χ1n) is 8.49. The minimum Gasteiger partial charge on any atom is -0.847 e. The van der Waals surface area contributed by atoms with Gasteiger partial charge in [0, 0.05) is 5.75 Å². The van der Waals surface area contributed by atoms with Crippen LogP contribution in [0.1, 0.15) is 45.4 Å². The zero-order chi connectivity index (χ0) is 17.3. The number of nitrogens with one attached hydrogen (secondary N) is 1. The summed E-state index contributed by atoms with van der Waals surface area (Å²) in [6.07, 6.45) is 5.07. The zero-order valence-electron chi connectivity index (χ0n) is 15.0. The second-order valence-corrected chi connectivity index (χ2v) is 7.83. The van der Waals surface area contributed by atoms with Crippen molar-refractivity contribution in [3.63, 3.8) is 0 Å². The number of hydrogen-bond donors (Lipinski definition) is 2. The van der Waals surface area contributed by atoms with E-state index in [1.54, 1.807) is 0 Å². The fourth-order valence-electron chi connectivity index (χ4n) is 3.34. The summed E-state index contributed by atoms with van der Waals surface area (Å²) in [7, 11) is -4.52. The molecule has 1 aliphatic rings. The van der Waals surface area contributed by atoms with Gasteiger partial charge in [-0.15, -0.1) is 0 Å². The van der Waals surface area contributed by atoms with Gasteiger partial charge >= 0.3 is 35.4 Å². The van der Waals surface area contributed by atoms with E-state index in [0.717, 1.165) is 25.1 Å². The summed E-state index contributed by atoms with van der Waals surface area (Å²) in [5.41, 5.74) is 0. The van der Waals surface area contributed by atoms with Crippen LogP contribution in [0.2, 0.25) is 0 Å². The Hall–Kier alpha value is 0.460. The van der Waals surface area contributed by atoms with Crippen molar-refractivity contribution in [1.29, 1.82) is 0 Å². The van der Waals surface area contributed by atoms with E-state index in [1.807, 2.05) is 0 Å². The van der Waals surface area contributed by atoms with Gasteiger partial charge in [0.25, 0.3) is 0 Å². The molecule has 7 nitrogen and oxygen atoms in total. The fraction of sp³-hybridized carbons (Fsp3) is 0.933. The number of aliphatic hydroxyl groups is 1. The molecule has 0 bridgehead atoms. The van der Waals surface area contributed by atoms with E-state index in [1.165, 1.54) is 19.3 Å². The Labute approximate surface area is 167 Å². The maximum absolute atomic E-state index is 12.0. The molecule has 0 aromatic heterocycles. The molecule has 136 valence electrons. The number of nitrogens with zero attached hydrogens (tertiary/aromatic N) is 1. The summed E-state index contributed by atoms with van der Waals surface area (Å²) in [6.45, 7) is 3.88. The molecule has 0 aromatic rings. The molecule has 0 amide bonds. The van der Waals surface area contributed by atoms with Crippen molar-refractivity contribution in [3.05, 3.63) is 0 Å². The molecule has 0 saturated carbocycles. The number of quaternary nitrogens is 1. The van der Waals surface area contributed by atoms with Crippen LogP contribution >= 0.6 is 0 Å². The number of rotatable bonds is 12. The quantitative estimate of drug-likeness (QED) is 0.154. The van der Waals surface area contributed by atoms with Crippen molar-refractivity contribution in [2.45, 2.75) is 51.6 Å². The van der Waals surface area contributed by atoms with Crippen molar-refractivity contribution in [1.82, 2.24) is 0 Å². The van der Waals surface area contributed by atoms with Gasteiger partial charge in [0.05, 0.1) is 29.7 Å². The Kier molecular flexibility index (Phi) is 12.2. The molecule has 24 heavy (non-hydrogen) atoms.